The van der Waals surface area contributed by atoms with Gasteiger partial charge in [-0.15, -0.1) is 0 Å². The summed E-state index contributed by atoms with van der Waals surface area (Å²) in [5, 5.41) is 1.93. The second-order valence-electron chi connectivity index (χ2n) is 7.17. The number of allylic oxidation sites excluding steroid dienone is 5. The summed E-state index contributed by atoms with van der Waals surface area (Å²) in [4.78, 5) is 16.5. The predicted molar refractivity (Wildman–Crippen MR) is 123 cm³/mol. The molecule has 0 atom stereocenters. The van der Waals surface area contributed by atoms with Crippen molar-refractivity contribution in [3.8, 4) is 17.0 Å². The number of nitrogens with zero attached hydrogens (tertiary/aromatic N) is 3. The number of aromatic amines is 1. The predicted octanol–water partition coefficient (Wildman–Crippen LogP) is 6.11. The zero-order chi connectivity index (χ0) is 21.3. The smallest absolute Gasteiger partial charge is 0.224 e. The Bertz CT molecular complexity index is 1330. The molecular formula is C25H24N4O. The molecule has 1 aromatic carbocycles. The van der Waals surface area contributed by atoms with Crippen molar-refractivity contribution in [1.29, 1.82) is 0 Å². The molecule has 1 N–H and O–H groups in total. The summed E-state index contributed by atoms with van der Waals surface area (Å²) in [5.74, 6) is 0.566. The molecule has 0 saturated carbocycles. The molecule has 0 fully saturated rings. The van der Waals surface area contributed by atoms with Crippen LogP contribution < -0.4 is 4.74 Å². The molecular weight excluding hydrogens is 372 g/mol. The maximum atomic E-state index is 5.42. The van der Waals surface area contributed by atoms with E-state index < -0.39 is 0 Å². The third-order valence-corrected chi connectivity index (χ3v) is 5.45. The number of fused-ring (bicyclic) bond motifs is 2. The van der Waals surface area contributed by atoms with E-state index in [1.807, 2.05) is 31.5 Å². The first kappa shape index (κ1) is 19.6. The molecule has 0 aliphatic carbocycles. The van der Waals surface area contributed by atoms with Crippen molar-refractivity contribution in [2.75, 3.05) is 7.11 Å². The molecule has 4 rings (SSSR count). The molecule has 0 saturated heterocycles. The van der Waals surface area contributed by atoms with E-state index in [9.17, 15) is 0 Å². The molecule has 3 heterocycles. The minimum absolute atomic E-state index is 0.566. The Morgan fingerprint density at radius 1 is 1.10 bits per heavy atom. The Morgan fingerprint density at radius 3 is 2.67 bits per heavy atom. The van der Waals surface area contributed by atoms with E-state index in [1.54, 1.807) is 7.11 Å². The number of ether oxygens (including phenoxy) is 1. The van der Waals surface area contributed by atoms with Crippen LogP contribution in [0.1, 0.15) is 26.3 Å². The van der Waals surface area contributed by atoms with Crippen LogP contribution >= 0.6 is 0 Å². The Morgan fingerprint density at radius 2 is 1.93 bits per heavy atom. The van der Waals surface area contributed by atoms with Crippen molar-refractivity contribution in [2.24, 2.45) is 0 Å². The van der Waals surface area contributed by atoms with Gasteiger partial charge in [0.15, 0.2) is 0 Å². The molecule has 150 valence electrons. The number of benzene rings is 1. The fraction of sp³-hybridized carbons (Fsp3) is 0.160. The number of hydrogen-bond acceptors (Lipinski definition) is 4. The van der Waals surface area contributed by atoms with E-state index >= 15 is 0 Å². The minimum atomic E-state index is 0.566. The summed E-state index contributed by atoms with van der Waals surface area (Å²) in [5.41, 5.74) is 8.35. The molecule has 0 spiro atoms. The third-order valence-electron chi connectivity index (χ3n) is 5.45. The van der Waals surface area contributed by atoms with Crippen molar-refractivity contribution >= 4 is 27.5 Å². The first-order valence-corrected chi connectivity index (χ1v) is 9.80. The number of H-pyrrole nitrogens is 1. The van der Waals surface area contributed by atoms with E-state index in [-0.39, 0.29) is 0 Å². The number of nitrogens with one attached hydrogen (secondary N) is 1. The molecule has 30 heavy (non-hydrogen) atoms. The zero-order valence-corrected chi connectivity index (χ0v) is 17.7. The standard InChI is InChI=1S/C25H24N4O/c1-6-15(3)23(16(4)7-2)18-11-19-21(13-27-24(19)26-12-18)17-8-9-22-20(10-17)25(30-5)29-14-28-22/h6-14H,1H2,2-5H3,(H,26,27)/b16-7-,23-15+. The number of pyridine rings is 1. The second kappa shape index (κ2) is 7.95. The van der Waals surface area contributed by atoms with E-state index in [2.05, 4.69) is 64.6 Å². The van der Waals surface area contributed by atoms with Gasteiger partial charge in [-0.3, -0.25) is 0 Å². The highest BCUT2D eigenvalue weighted by Crippen LogP contribution is 2.34. The molecule has 0 radical (unpaired) electrons. The molecule has 0 aliphatic heterocycles. The number of aromatic nitrogens is 4. The van der Waals surface area contributed by atoms with Crippen LogP contribution in [0.2, 0.25) is 0 Å². The van der Waals surface area contributed by atoms with Crippen LogP contribution in [0.5, 0.6) is 5.88 Å². The van der Waals surface area contributed by atoms with Gasteiger partial charge in [-0.1, -0.05) is 24.8 Å². The lowest BCUT2D eigenvalue weighted by Gasteiger charge is -2.12. The van der Waals surface area contributed by atoms with Gasteiger partial charge in [-0.05, 0) is 61.3 Å². The Labute approximate surface area is 175 Å². The first-order chi connectivity index (χ1) is 14.6. The van der Waals surface area contributed by atoms with Crippen molar-refractivity contribution in [3.05, 3.63) is 78.4 Å². The van der Waals surface area contributed by atoms with Crippen molar-refractivity contribution in [1.82, 2.24) is 19.9 Å². The SMILES string of the molecule is C=C/C(C)=C(\C(C)=C/C)c1cnc2[nH]cc(-c3ccc4ncnc(OC)c4c3)c2c1. The van der Waals surface area contributed by atoms with Crippen LogP contribution in [0.4, 0.5) is 0 Å². The first-order valence-electron chi connectivity index (χ1n) is 9.80. The Balaban J connectivity index is 1.93. The number of hydrogen-bond donors (Lipinski definition) is 1. The van der Waals surface area contributed by atoms with E-state index in [1.165, 1.54) is 11.9 Å². The summed E-state index contributed by atoms with van der Waals surface area (Å²) in [7, 11) is 1.62. The maximum Gasteiger partial charge on any atom is 0.224 e. The van der Waals surface area contributed by atoms with Gasteiger partial charge in [0.1, 0.15) is 12.0 Å². The summed E-state index contributed by atoms with van der Waals surface area (Å²) >= 11 is 0. The van der Waals surface area contributed by atoms with Crippen LogP contribution in [0, 0.1) is 0 Å². The summed E-state index contributed by atoms with van der Waals surface area (Å²) in [6, 6.07) is 8.30. The Kier molecular flexibility index (Phi) is 5.19. The fourth-order valence-corrected chi connectivity index (χ4v) is 3.75. The van der Waals surface area contributed by atoms with Crippen molar-refractivity contribution < 1.29 is 4.74 Å². The third kappa shape index (κ3) is 3.28. The van der Waals surface area contributed by atoms with Gasteiger partial charge in [-0.2, -0.15) is 0 Å². The summed E-state index contributed by atoms with van der Waals surface area (Å²) in [6.45, 7) is 10.2. The van der Waals surface area contributed by atoms with Gasteiger partial charge in [-0.25, -0.2) is 15.0 Å². The van der Waals surface area contributed by atoms with Gasteiger partial charge in [0.05, 0.1) is 18.0 Å². The van der Waals surface area contributed by atoms with Gasteiger partial charge < -0.3 is 9.72 Å². The van der Waals surface area contributed by atoms with Gasteiger partial charge >= 0.3 is 0 Å². The number of rotatable bonds is 5. The van der Waals surface area contributed by atoms with Crippen molar-refractivity contribution in [2.45, 2.75) is 20.8 Å². The van der Waals surface area contributed by atoms with Crippen LogP contribution in [0.15, 0.2) is 72.9 Å². The minimum Gasteiger partial charge on any atom is -0.480 e. The molecule has 0 aliphatic rings. The van der Waals surface area contributed by atoms with Crippen LogP contribution in [-0.4, -0.2) is 27.0 Å². The summed E-state index contributed by atoms with van der Waals surface area (Å²) in [6.07, 6.45) is 9.42. The fourth-order valence-electron chi connectivity index (χ4n) is 3.75. The average Bonchev–Trinajstić information content (AvgIpc) is 3.21. The lowest BCUT2D eigenvalue weighted by Crippen LogP contribution is -1.93. The highest BCUT2D eigenvalue weighted by Gasteiger charge is 2.14. The highest BCUT2D eigenvalue weighted by molar-refractivity contribution is 5.99. The number of methoxy groups -OCH3 is 1. The highest BCUT2D eigenvalue weighted by atomic mass is 16.5. The monoisotopic (exact) mass is 396 g/mol. The van der Waals surface area contributed by atoms with Crippen LogP contribution in [0.25, 0.3) is 38.6 Å². The molecule has 0 unspecified atom stereocenters. The van der Waals surface area contributed by atoms with Gasteiger partial charge in [0.2, 0.25) is 5.88 Å². The lowest BCUT2D eigenvalue weighted by molar-refractivity contribution is 0.402. The van der Waals surface area contributed by atoms with Gasteiger partial charge in [0, 0.05) is 28.9 Å². The van der Waals surface area contributed by atoms with Gasteiger partial charge in [0.25, 0.3) is 0 Å². The molecule has 4 aromatic rings. The topological polar surface area (TPSA) is 63.7 Å². The largest absolute Gasteiger partial charge is 0.480 e. The molecule has 5 heteroatoms. The van der Waals surface area contributed by atoms with E-state index in [0.717, 1.165) is 49.8 Å². The molecule has 0 amide bonds. The molecule has 3 aromatic heterocycles. The zero-order valence-electron chi connectivity index (χ0n) is 17.7. The Hall–Kier alpha value is -3.73. The van der Waals surface area contributed by atoms with Crippen molar-refractivity contribution in [3.63, 3.8) is 0 Å². The second-order valence-corrected chi connectivity index (χ2v) is 7.17. The summed E-state index contributed by atoms with van der Waals surface area (Å²) < 4.78 is 5.42. The lowest BCUT2D eigenvalue weighted by atomic mass is 9.94. The van der Waals surface area contributed by atoms with Crippen LogP contribution in [0.3, 0.4) is 0 Å². The van der Waals surface area contributed by atoms with E-state index in [4.69, 9.17) is 4.74 Å². The normalized spacial score (nSPS) is 12.9. The maximum absolute atomic E-state index is 5.42. The molecule has 5 nitrogen and oxygen atoms in total. The quantitative estimate of drug-likeness (QED) is 0.414. The molecule has 0 bridgehead atoms. The average molecular weight is 396 g/mol. The van der Waals surface area contributed by atoms with E-state index in [0.29, 0.717) is 5.88 Å². The van der Waals surface area contributed by atoms with Crippen LogP contribution in [-0.2, 0) is 0 Å².